The summed E-state index contributed by atoms with van der Waals surface area (Å²) in [5, 5.41) is 10.7. The number of aromatic nitrogens is 1. The summed E-state index contributed by atoms with van der Waals surface area (Å²) in [6.07, 6.45) is 1.42. The van der Waals surface area contributed by atoms with Crippen molar-refractivity contribution < 1.29 is 13.7 Å². The van der Waals surface area contributed by atoms with E-state index in [0.29, 0.717) is 5.76 Å². The molecule has 0 spiro atoms. The van der Waals surface area contributed by atoms with Crippen molar-refractivity contribution >= 4 is 5.69 Å². The molecule has 0 aliphatic rings. The van der Waals surface area contributed by atoms with Crippen molar-refractivity contribution in [3.8, 4) is 11.5 Å². The maximum absolute atomic E-state index is 13.3. The van der Waals surface area contributed by atoms with Crippen LogP contribution in [0.4, 0.5) is 10.1 Å². The Labute approximate surface area is 89.7 Å². The standard InChI is InChI=1S/C10H7FN2O3/c1-6-5-12-10(16-6)7-3-2-4-8(11)9(7)13(14)15/h2-5H,1H3. The summed E-state index contributed by atoms with van der Waals surface area (Å²) in [5.74, 6) is -0.351. The molecule has 0 saturated carbocycles. The molecule has 82 valence electrons. The van der Waals surface area contributed by atoms with Crippen LogP contribution in [0.2, 0.25) is 0 Å². The van der Waals surface area contributed by atoms with E-state index in [2.05, 4.69) is 4.98 Å². The fraction of sp³-hybridized carbons (Fsp3) is 0.100. The van der Waals surface area contributed by atoms with Gasteiger partial charge < -0.3 is 4.42 Å². The van der Waals surface area contributed by atoms with Gasteiger partial charge in [0.25, 0.3) is 0 Å². The summed E-state index contributed by atoms with van der Waals surface area (Å²) >= 11 is 0. The van der Waals surface area contributed by atoms with E-state index in [-0.39, 0.29) is 11.5 Å². The Morgan fingerprint density at radius 1 is 1.50 bits per heavy atom. The average Bonchev–Trinajstić information content (AvgIpc) is 2.63. The van der Waals surface area contributed by atoms with E-state index in [9.17, 15) is 14.5 Å². The summed E-state index contributed by atoms with van der Waals surface area (Å²) in [6, 6.07) is 3.79. The summed E-state index contributed by atoms with van der Waals surface area (Å²) in [5.41, 5.74) is -0.581. The predicted molar refractivity (Wildman–Crippen MR) is 53.3 cm³/mol. The van der Waals surface area contributed by atoms with E-state index in [4.69, 9.17) is 4.42 Å². The van der Waals surface area contributed by atoms with Gasteiger partial charge in [0, 0.05) is 0 Å². The molecule has 0 saturated heterocycles. The molecule has 0 aliphatic heterocycles. The number of halogens is 1. The molecule has 0 fully saturated rings. The van der Waals surface area contributed by atoms with Crippen molar-refractivity contribution in [3.63, 3.8) is 0 Å². The second-order valence-electron chi connectivity index (χ2n) is 3.17. The summed E-state index contributed by atoms with van der Waals surface area (Å²) < 4.78 is 18.4. The SMILES string of the molecule is Cc1cnc(-c2cccc(F)c2[N+](=O)[O-])o1. The highest BCUT2D eigenvalue weighted by molar-refractivity contribution is 5.67. The molecule has 0 unspecified atom stereocenters. The van der Waals surface area contributed by atoms with Crippen LogP contribution in [0.3, 0.4) is 0 Å². The Morgan fingerprint density at radius 3 is 2.81 bits per heavy atom. The molecular weight excluding hydrogens is 215 g/mol. The average molecular weight is 222 g/mol. The second kappa shape index (κ2) is 3.73. The Morgan fingerprint density at radius 2 is 2.25 bits per heavy atom. The number of oxazole rings is 1. The monoisotopic (exact) mass is 222 g/mol. The van der Waals surface area contributed by atoms with Crippen LogP contribution in [0.15, 0.2) is 28.8 Å². The minimum Gasteiger partial charge on any atom is -0.441 e. The quantitative estimate of drug-likeness (QED) is 0.578. The first-order valence-corrected chi connectivity index (χ1v) is 4.45. The van der Waals surface area contributed by atoms with Crippen LogP contribution in [0.5, 0.6) is 0 Å². The lowest BCUT2D eigenvalue weighted by Gasteiger charge is -1.99. The molecule has 2 aromatic rings. The first-order valence-electron chi connectivity index (χ1n) is 4.45. The predicted octanol–water partition coefficient (Wildman–Crippen LogP) is 2.70. The normalized spacial score (nSPS) is 10.4. The molecule has 5 nitrogen and oxygen atoms in total. The molecular formula is C10H7FN2O3. The Bertz CT molecular complexity index is 551. The number of aryl methyl sites for hydroxylation is 1. The van der Waals surface area contributed by atoms with Crippen molar-refractivity contribution in [3.05, 3.63) is 46.1 Å². The molecule has 0 N–H and O–H groups in total. The van der Waals surface area contributed by atoms with Gasteiger partial charge in [0.1, 0.15) is 11.3 Å². The molecule has 1 aromatic heterocycles. The van der Waals surface area contributed by atoms with Crippen LogP contribution in [-0.4, -0.2) is 9.91 Å². The minimum absolute atomic E-state index is 0.0399. The highest BCUT2D eigenvalue weighted by atomic mass is 19.1. The smallest absolute Gasteiger partial charge is 0.317 e. The zero-order valence-corrected chi connectivity index (χ0v) is 8.31. The number of hydrogen-bond acceptors (Lipinski definition) is 4. The first-order chi connectivity index (χ1) is 7.59. The summed E-state index contributed by atoms with van der Waals surface area (Å²) in [4.78, 5) is 13.8. The van der Waals surface area contributed by atoms with E-state index < -0.39 is 16.4 Å². The lowest BCUT2D eigenvalue weighted by atomic mass is 10.1. The van der Waals surface area contributed by atoms with E-state index in [0.717, 1.165) is 6.07 Å². The zero-order chi connectivity index (χ0) is 11.7. The van der Waals surface area contributed by atoms with Gasteiger partial charge in [-0.05, 0) is 19.1 Å². The van der Waals surface area contributed by atoms with Crippen LogP contribution in [0.25, 0.3) is 11.5 Å². The largest absolute Gasteiger partial charge is 0.441 e. The maximum atomic E-state index is 13.3. The van der Waals surface area contributed by atoms with Crippen LogP contribution < -0.4 is 0 Å². The zero-order valence-electron chi connectivity index (χ0n) is 8.31. The van der Waals surface area contributed by atoms with E-state index in [1.54, 1.807) is 6.92 Å². The van der Waals surface area contributed by atoms with Gasteiger partial charge in [-0.15, -0.1) is 0 Å². The number of hydrogen-bond donors (Lipinski definition) is 0. The molecule has 1 heterocycles. The topological polar surface area (TPSA) is 69.2 Å². The molecule has 16 heavy (non-hydrogen) atoms. The van der Waals surface area contributed by atoms with Gasteiger partial charge in [-0.2, -0.15) is 4.39 Å². The van der Waals surface area contributed by atoms with Crippen LogP contribution in [0.1, 0.15) is 5.76 Å². The van der Waals surface area contributed by atoms with Crippen molar-refractivity contribution in [1.82, 2.24) is 4.98 Å². The maximum Gasteiger partial charge on any atom is 0.317 e. The van der Waals surface area contributed by atoms with Crippen molar-refractivity contribution in [2.24, 2.45) is 0 Å². The number of nitro groups is 1. The highest BCUT2D eigenvalue weighted by Gasteiger charge is 2.23. The number of para-hydroxylation sites is 1. The molecule has 0 radical (unpaired) electrons. The van der Waals surface area contributed by atoms with Gasteiger partial charge >= 0.3 is 5.69 Å². The first kappa shape index (κ1) is 10.3. The summed E-state index contributed by atoms with van der Waals surface area (Å²) in [7, 11) is 0. The number of nitro benzene ring substituents is 1. The summed E-state index contributed by atoms with van der Waals surface area (Å²) in [6.45, 7) is 1.65. The number of benzene rings is 1. The fourth-order valence-corrected chi connectivity index (χ4v) is 1.35. The van der Waals surface area contributed by atoms with E-state index >= 15 is 0 Å². The van der Waals surface area contributed by atoms with Gasteiger partial charge in [0.15, 0.2) is 0 Å². The third-order valence-corrected chi connectivity index (χ3v) is 2.02. The van der Waals surface area contributed by atoms with Gasteiger partial charge in [-0.25, -0.2) is 4.98 Å². The third-order valence-electron chi connectivity index (χ3n) is 2.02. The second-order valence-corrected chi connectivity index (χ2v) is 3.17. The van der Waals surface area contributed by atoms with Crippen molar-refractivity contribution in [2.45, 2.75) is 6.92 Å². The van der Waals surface area contributed by atoms with Gasteiger partial charge in [-0.3, -0.25) is 10.1 Å². The molecule has 0 aliphatic carbocycles. The van der Waals surface area contributed by atoms with Crippen molar-refractivity contribution in [2.75, 3.05) is 0 Å². The van der Waals surface area contributed by atoms with Crippen LogP contribution in [0, 0.1) is 22.9 Å². The number of rotatable bonds is 2. The molecule has 1 aromatic carbocycles. The Hall–Kier alpha value is -2.24. The van der Waals surface area contributed by atoms with Crippen molar-refractivity contribution in [1.29, 1.82) is 0 Å². The van der Waals surface area contributed by atoms with Gasteiger partial charge in [-0.1, -0.05) is 6.07 Å². The lowest BCUT2D eigenvalue weighted by molar-refractivity contribution is -0.386. The van der Waals surface area contributed by atoms with E-state index in [1.807, 2.05) is 0 Å². The Balaban J connectivity index is 2.65. The molecule has 2 rings (SSSR count). The Kier molecular flexibility index (Phi) is 2.40. The molecule has 0 atom stereocenters. The van der Waals surface area contributed by atoms with Gasteiger partial charge in [0.2, 0.25) is 11.7 Å². The van der Waals surface area contributed by atoms with E-state index in [1.165, 1.54) is 18.3 Å². The minimum atomic E-state index is -0.904. The molecule has 0 bridgehead atoms. The highest BCUT2D eigenvalue weighted by Crippen LogP contribution is 2.31. The van der Waals surface area contributed by atoms with Crippen LogP contribution >= 0.6 is 0 Å². The molecule has 0 amide bonds. The lowest BCUT2D eigenvalue weighted by Crippen LogP contribution is -1.95. The fourth-order valence-electron chi connectivity index (χ4n) is 1.35. The van der Waals surface area contributed by atoms with Crippen LogP contribution in [-0.2, 0) is 0 Å². The molecule has 6 heteroatoms. The third kappa shape index (κ3) is 1.65. The number of nitrogens with zero attached hydrogens (tertiary/aromatic N) is 2. The van der Waals surface area contributed by atoms with Gasteiger partial charge in [0.05, 0.1) is 11.1 Å².